The number of rotatable bonds is 2. The van der Waals surface area contributed by atoms with Gasteiger partial charge < -0.3 is 4.74 Å². The number of fused-ring (bicyclic) bond motifs is 1. The van der Waals surface area contributed by atoms with Crippen LogP contribution in [0.1, 0.15) is 18.5 Å². The molecular formula is C12H12N2OS. The first kappa shape index (κ1) is 9.66. The number of allylic oxidation sites excluding steroid dienone is 4. The molecule has 0 unspecified atom stereocenters. The number of hydrogen-bond acceptors (Lipinski definition) is 3. The van der Waals surface area contributed by atoms with Gasteiger partial charge in [-0.1, -0.05) is 6.08 Å². The molecule has 16 heavy (non-hydrogen) atoms. The Morgan fingerprint density at radius 3 is 3.25 bits per heavy atom. The molecule has 3 rings (SSSR count). The topological polar surface area (TPSA) is 26.5 Å². The van der Waals surface area contributed by atoms with Crippen molar-refractivity contribution >= 4 is 21.9 Å². The molecule has 0 N–H and O–H groups in total. The van der Waals surface area contributed by atoms with Crippen molar-refractivity contribution in [1.82, 2.24) is 9.38 Å². The minimum atomic E-state index is 0.988. The van der Waals surface area contributed by atoms with Crippen LogP contribution in [0.4, 0.5) is 0 Å². The highest BCUT2D eigenvalue weighted by atomic mass is 32.1. The van der Waals surface area contributed by atoms with Crippen molar-refractivity contribution in [3.8, 4) is 0 Å². The summed E-state index contributed by atoms with van der Waals surface area (Å²) in [6.07, 6.45) is 10.4. The van der Waals surface area contributed by atoms with E-state index in [0.29, 0.717) is 0 Å². The lowest BCUT2D eigenvalue weighted by atomic mass is 10.0. The van der Waals surface area contributed by atoms with Crippen LogP contribution < -0.4 is 0 Å². The second-order valence-corrected chi connectivity index (χ2v) is 4.60. The van der Waals surface area contributed by atoms with Gasteiger partial charge in [-0.05, 0) is 12.5 Å². The van der Waals surface area contributed by atoms with E-state index in [9.17, 15) is 0 Å². The normalized spacial score (nSPS) is 16.1. The average molecular weight is 232 g/mol. The first-order chi connectivity index (χ1) is 7.86. The lowest BCUT2D eigenvalue weighted by Crippen LogP contribution is -1.94. The van der Waals surface area contributed by atoms with E-state index in [4.69, 9.17) is 4.74 Å². The molecule has 82 valence electrons. The lowest BCUT2D eigenvalue weighted by Gasteiger charge is -2.10. The van der Waals surface area contributed by atoms with Crippen LogP contribution >= 0.6 is 11.3 Å². The van der Waals surface area contributed by atoms with Gasteiger partial charge >= 0.3 is 0 Å². The fraction of sp³-hybridized carbons (Fsp3) is 0.250. The Morgan fingerprint density at radius 2 is 2.44 bits per heavy atom. The molecule has 2 aromatic heterocycles. The maximum atomic E-state index is 5.29. The van der Waals surface area contributed by atoms with E-state index in [1.54, 1.807) is 18.4 Å². The number of imidazole rings is 1. The molecular weight excluding hydrogens is 220 g/mol. The quantitative estimate of drug-likeness (QED) is 0.795. The Labute approximate surface area is 97.7 Å². The van der Waals surface area contributed by atoms with Crippen molar-refractivity contribution in [2.24, 2.45) is 0 Å². The smallest absolute Gasteiger partial charge is 0.194 e. The van der Waals surface area contributed by atoms with Gasteiger partial charge in [-0.15, -0.1) is 11.3 Å². The van der Waals surface area contributed by atoms with Crippen LogP contribution in [0, 0.1) is 0 Å². The predicted molar refractivity (Wildman–Crippen MR) is 65.4 cm³/mol. The number of ether oxygens (including phenoxy) is 1. The molecule has 0 atom stereocenters. The summed E-state index contributed by atoms with van der Waals surface area (Å²) in [6.45, 7) is 0. The molecule has 0 saturated heterocycles. The summed E-state index contributed by atoms with van der Waals surface area (Å²) in [4.78, 5) is 5.61. The molecule has 3 nitrogen and oxygen atoms in total. The van der Waals surface area contributed by atoms with Crippen molar-refractivity contribution in [2.75, 3.05) is 7.11 Å². The molecule has 0 amide bonds. The second-order valence-electron chi connectivity index (χ2n) is 3.73. The Kier molecular flexibility index (Phi) is 2.29. The van der Waals surface area contributed by atoms with Crippen LogP contribution in [-0.2, 0) is 4.74 Å². The van der Waals surface area contributed by atoms with Gasteiger partial charge in [0.25, 0.3) is 0 Å². The third kappa shape index (κ3) is 1.55. The highest BCUT2D eigenvalue weighted by molar-refractivity contribution is 7.15. The predicted octanol–water partition coefficient (Wildman–Crippen LogP) is 3.10. The van der Waals surface area contributed by atoms with Crippen molar-refractivity contribution in [3.63, 3.8) is 0 Å². The van der Waals surface area contributed by atoms with Crippen LogP contribution in [0.2, 0.25) is 0 Å². The third-order valence-corrected chi connectivity index (χ3v) is 3.49. The fourth-order valence-corrected chi connectivity index (χ4v) is 2.58. The SMILES string of the molecule is COC1=CC(c2cn3ccsc3n2)=CCC1. The van der Waals surface area contributed by atoms with Crippen molar-refractivity contribution in [2.45, 2.75) is 12.8 Å². The first-order valence-corrected chi connectivity index (χ1v) is 6.12. The number of thiazole rings is 1. The first-order valence-electron chi connectivity index (χ1n) is 5.24. The molecule has 1 aliphatic rings. The van der Waals surface area contributed by atoms with Gasteiger partial charge in [-0.2, -0.15) is 0 Å². The van der Waals surface area contributed by atoms with Gasteiger partial charge in [-0.25, -0.2) is 4.98 Å². The van der Waals surface area contributed by atoms with Crippen LogP contribution in [0.5, 0.6) is 0 Å². The van der Waals surface area contributed by atoms with E-state index in [1.807, 2.05) is 11.6 Å². The van der Waals surface area contributed by atoms with Gasteiger partial charge in [0.15, 0.2) is 4.96 Å². The average Bonchev–Trinajstić information content (AvgIpc) is 2.89. The molecule has 0 aliphatic heterocycles. The van der Waals surface area contributed by atoms with E-state index in [1.165, 1.54) is 5.57 Å². The number of nitrogens with zero attached hydrogens (tertiary/aromatic N) is 2. The zero-order valence-corrected chi connectivity index (χ0v) is 9.83. The van der Waals surface area contributed by atoms with Crippen LogP contribution in [-0.4, -0.2) is 16.5 Å². The van der Waals surface area contributed by atoms with Gasteiger partial charge in [-0.3, -0.25) is 4.40 Å². The Hall–Kier alpha value is -1.55. The minimum Gasteiger partial charge on any atom is -0.501 e. The van der Waals surface area contributed by atoms with Gasteiger partial charge in [0.2, 0.25) is 0 Å². The van der Waals surface area contributed by atoms with Crippen molar-refractivity contribution in [3.05, 3.63) is 41.4 Å². The number of aromatic nitrogens is 2. The van der Waals surface area contributed by atoms with Crippen molar-refractivity contribution < 1.29 is 4.74 Å². The minimum absolute atomic E-state index is 0.988. The Balaban J connectivity index is 2.01. The summed E-state index contributed by atoms with van der Waals surface area (Å²) in [5, 5.41) is 2.04. The standard InChI is InChI=1S/C12H12N2OS/c1-15-10-4-2-3-9(7-10)11-8-14-5-6-16-12(14)13-11/h3,5-8H,2,4H2,1H3. The summed E-state index contributed by atoms with van der Waals surface area (Å²) in [5.41, 5.74) is 2.19. The van der Waals surface area contributed by atoms with E-state index in [-0.39, 0.29) is 0 Å². The zero-order chi connectivity index (χ0) is 11.0. The maximum absolute atomic E-state index is 5.29. The second kappa shape index (κ2) is 3.79. The molecule has 2 heterocycles. The van der Waals surface area contributed by atoms with E-state index in [0.717, 1.165) is 29.3 Å². The van der Waals surface area contributed by atoms with E-state index < -0.39 is 0 Å². The van der Waals surface area contributed by atoms with Gasteiger partial charge in [0.1, 0.15) is 0 Å². The fourth-order valence-electron chi connectivity index (χ4n) is 1.88. The maximum Gasteiger partial charge on any atom is 0.194 e. The molecule has 0 saturated carbocycles. The van der Waals surface area contributed by atoms with E-state index in [2.05, 4.69) is 27.7 Å². The molecule has 0 radical (unpaired) electrons. The molecule has 0 aromatic carbocycles. The highest BCUT2D eigenvalue weighted by Crippen LogP contribution is 2.26. The molecule has 1 aliphatic carbocycles. The summed E-state index contributed by atoms with van der Waals surface area (Å²) >= 11 is 1.65. The number of hydrogen-bond donors (Lipinski definition) is 0. The molecule has 0 fully saturated rings. The largest absolute Gasteiger partial charge is 0.501 e. The van der Waals surface area contributed by atoms with Gasteiger partial charge in [0, 0.05) is 29.8 Å². The summed E-state index contributed by atoms with van der Waals surface area (Å²) in [6, 6.07) is 0. The van der Waals surface area contributed by atoms with Crippen LogP contribution in [0.3, 0.4) is 0 Å². The van der Waals surface area contributed by atoms with E-state index >= 15 is 0 Å². The van der Waals surface area contributed by atoms with Crippen LogP contribution in [0.15, 0.2) is 35.7 Å². The van der Waals surface area contributed by atoms with Gasteiger partial charge in [0.05, 0.1) is 18.6 Å². The molecule has 2 aromatic rings. The van der Waals surface area contributed by atoms with Crippen LogP contribution in [0.25, 0.3) is 10.5 Å². The molecule has 0 spiro atoms. The highest BCUT2D eigenvalue weighted by Gasteiger charge is 2.11. The molecule has 4 heteroatoms. The summed E-state index contributed by atoms with van der Waals surface area (Å²) in [5.74, 6) is 1.04. The molecule has 0 bridgehead atoms. The summed E-state index contributed by atoms with van der Waals surface area (Å²) < 4.78 is 7.34. The Bertz CT molecular complexity index is 548. The zero-order valence-electron chi connectivity index (χ0n) is 9.01. The number of methoxy groups -OCH3 is 1. The summed E-state index contributed by atoms with van der Waals surface area (Å²) in [7, 11) is 1.72. The third-order valence-electron chi connectivity index (χ3n) is 2.72. The lowest BCUT2D eigenvalue weighted by molar-refractivity contribution is 0.277. The monoisotopic (exact) mass is 232 g/mol. The Morgan fingerprint density at radius 1 is 1.50 bits per heavy atom. The van der Waals surface area contributed by atoms with Crippen molar-refractivity contribution in [1.29, 1.82) is 0 Å².